The fourth-order valence-corrected chi connectivity index (χ4v) is 5.26. The van der Waals surface area contributed by atoms with E-state index >= 15 is 0 Å². The zero-order valence-corrected chi connectivity index (χ0v) is 20.6. The summed E-state index contributed by atoms with van der Waals surface area (Å²) >= 11 is 1.58. The van der Waals surface area contributed by atoms with Crippen LogP contribution >= 0.6 is 11.8 Å². The predicted molar refractivity (Wildman–Crippen MR) is 136 cm³/mol. The van der Waals surface area contributed by atoms with Crippen molar-refractivity contribution >= 4 is 11.8 Å². The molecule has 0 spiro atoms. The van der Waals surface area contributed by atoms with Crippen LogP contribution in [0, 0.1) is 6.92 Å². The Kier molecular flexibility index (Phi) is 6.40. The highest BCUT2D eigenvalue weighted by Crippen LogP contribution is 2.35. The van der Waals surface area contributed by atoms with Crippen LogP contribution < -0.4 is 0 Å². The number of hydrogen-bond acceptors (Lipinski definition) is 8. The highest BCUT2D eigenvalue weighted by molar-refractivity contribution is 7.98. The molecular weight excluding hydrogens is 474 g/mol. The Morgan fingerprint density at radius 2 is 1.78 bits per heavy atom. The number of rotatable bonds is 8. The summed E-state index contributed by atoms with van der Waals surface area (Å²) in [6, 6.07) is 20.2. The van der Waals surface area contributed by atoms with Gasteiger partial charge in [-0.25, -0.2) is 4.98 Å². The Labute approximate surface area is 212 Å². The molecule has 182 valence electrons. The number of aryl methyl sites for hydroxylation is 1. The fraction of sp³-hybridized carbons (Fsp3) is 0.259. The molecule has 1 unspecified atom stereocenters. The molecule has 0 radical (unpaired) electrons. The summed E-state index contributed by atoms with van der Waals surface area (Å²) in [5.41, 5.74) is 4.55. The number of imidazole rings is 1. The van der Waals surface area contributed by atoms with E-state index in [9.17, 15) is 0 Å². The Balaban J connectivity index is 1.24. The Morgan fingerprint density at radius 3 is 2.53 bits per heavy atom. The molecule has 9 heteroatoms. The molecule has 2 aromatic carbocycles. The molecule has 1 saturated heterocycles. The fourth-order valence-electron chi connectivity index (χ4n) is 4.44. The van der Waals surface area contributed by atoms with Crippen molar-refractivity contribution in [3.63, 3.8) is 0 Å². The maximum absolute atomic E-state index is 6.05. The van der Waals surface area contributed by atoms with Crippen LogP contribution in [0.15, 0.2) is 81.0 Å². The molecule has 4 heterocycles. The van der Waals surface area contributed by atoms with Crippen LogP contribution in [0.25, 0.3) is 34.0 Å². The first-order chi connectivity index (χ1) is 17.8. The van der Waals surface area contributed by atoms with Gasteiger partial charge in [0.15, 0.2) is 5.16 Å². The van der Waals surface area contributed by atoms with Crippen LogP contribution in [0.3, 0.4) is 0 Å². The molecule has 0 N–H and O–H groups in total. The molecule has 5 aromatic rings. The van der Waals surface area contributed by atoms with E-state index < -0.39 is 0 Å². The Hall–Kier alpha value is -3.69. The van der Waals surface area contributed by atoms with Crippen molar-refractivity contribution in [1.82, 2.24) is 24.9 Å². The van der Waals surface area contributed by atoms with Crippen molar-refractivity contribution in [1.29, 1.82) is 0 Å². The first-order valence-electron chi connectivity index (χ1n) is 12.0. The zero-order valence-electron chi connectivity index (χ0n) is 19.8. The summed E-state index contributed by atoms with van der Waals surface area (Å²) in [6.07, 6.45) is 4.29. The third-order valence-electron chi connectivity index (χ3n) is 6.21. The normalized spacial score (nSPS) is 15.5. The SMILES string of the molecule is Cc1onc(-c2ccccc2)c1-c1nnc(CSc2ncc(-c3ccccc3)n2CC2CCCO2)o1. The average molecular weight is 500 g/mol. The van der Waals surface area contributed by atoms with Gasteiger partial charge >= 0.3 is 0 Å². The molecule has 3 aromatic heterocycles. The minimum Gasteiger partial charge on any atom is -0.420 e. The second-order valence-electron chi connectivity index (χ2n) is 8.66. The minimum atomic E-state index is 0.198. The molecule has 1 aliphatic heterocycles. The highest BCUT2D eigenvalue weighted by Gasteiger charge is 2.23. The second-order valence-corrected chi connectivity index (χ2v) is 9.60. The van der Waals surface area contributed by atoms with Gasteiger partial charge in [-0.3, -0.25) is 0 Å². The lowest BCUT2D eigenvalue weighted by Crippen LogP contribution is -2.16. The molecule has 0 aliphatic carbocycles. The van der Waals surface area contributed by atoms with Gasteiger partial charge in [0.2, 0.25) is 5.89 Å². The number of ether oxygens (including phenoxy) is 1. The lowest BCUT2D eigenvalue weighted by molar-refractivity contribution is 0.0954. The zero-order chi connectivity index (χ0) is 24.3. The molecule has 1 atom stereocenters. The van der Waals surface area contributed by atoms with Gasteiger partial charge in [0.25, 0.3) is 5.89 Å². The van der Waals surface area contributed by atoms with Crippen LogP contribution in [0.1, 0.15) is 24.5 Å². The Morgan fingerprint density at radius 1 is 1.00 bits per heavy atom. The molecule has 0 saturated carbocycles. The van der Waals surface area contributed by atoms with Gasteiger partial charge in [-0.15, -0.1) is 10.2 Å². The minimum absolute atomic E-state index is 0.198. The van der Waals surface area contributed by atoms with E-state index in [0.717, 1.165) is 53.5 Å². The van der Waals surface area contributed by atoms with Gasteiger partial charge in [-0.1, -0.05) is 77.6 Å². The first-order valence-corrected chi connectivity index (χ1v) is 12.9. The van der Waals surface area contributed by atoms with Crippen molar-refractivity contribution in [2.75, 3.05) is 6.61 Å². The summed E-state index contributed by atoms with van der Waals surface area (Å²) in [4.78, 5) is 4.73. The topological polar surface area (TPSA) is 92.0 Å². The van der Waals surface area contributed by atoms with E-state index in [1.165, 1.54) is 0 Å². The van der Waals surface area contributed by atoms with Gasteiger partial charge in [0.05, 0.1) is 30.3 Å². The molecule has 36 heavy (non-hydrogen) atoms. The molecule has 6 rings (SSSR count). The van der Waals surface area contributed by atoms with E-state index in [1.807, 2.05) is 61.7 Å². The highest BCUT2D eigenvalue weighted by atomic mass is 32.2. The van der Waals surface area contributed by atoms with E-state index in [0.29, 0.717) is 29.0 Å². The van der Waals surface area contributed by atoms with E-state index in [2.05, 4.69) is 32.1 Å². The van der Waals surface area contributed by atoms with Crippen molar-refractivity contribution in [3.05, 3.63) is 78.5 Å². The van der Waals surface area contributed by atoms with Crippen molar-refractivity contribution in [2.24, 2.45) is 0 Å². The smallest absolute Gasteiger partial charge is 0.253 e. The van der Waals surface area contributed by atoms with Crippen LogP contribution in [-0.4, -0.2) is 37.6 Å². The van der Waals surface area contributed by atoms with Crippen LogP contribution in [0.4, 0.5) is 0 Å². The number of hydrogen-bond donors (Lipinski definition) is 0. The lowest BCUT2D eigenvalue weighted by atomic mass is 10.1. The van der Waals surface area contributed by atoms with Gasteiger partial charge in [-0.05, 0) is 25.3 Å². The third kappa shape index (κ3) is 4.59. The molecular formula is C27H25N5O3S. The quantitative estimate of drug-likeness (QED) is 0.239. The maximum Gasteiger partial charge on any atom is 0.253 e. The third-order valence-corrected chi connectivity index (χ3v) is 7.19. The number of aromatic nitrogens is 5. The summed E-state index contributed by atoms with van der Waals surface area (Å²) in [5.74, 6) is 2.05. The van der Waals surface area contributed by atoms with Crippen molar-refractivity contribution < 1.29 is 13.7 Å². The molecule has 8 nitrogen and oxygen atoms in total. The predicted octanol–water partition coefficient (Wildman–Crippen LogP) is 6.03. The van der Waals surface area contributed by atoms with Crippen LogP contribution in [-0.2, 0) is 17.0 Å². The van der Waals surface area contributed by atoms with E-state index in [1.54, 1.807) is 11.8 Å². The van der Waals surface area contributed by atoms with Gasteiger partial charge < -0.3 is 18.2 Å². The largest absolute Gasteiger partial charge is 0.420 e. The summed E-state index contributed by atoms with van der Waals surface area (Å²) in [7, 11) is 0. The number of benzene rings is 2. The second kappa shape index (κ2) is 10.1. The van der Waals surface area contributed by atoms with E-state index in [4.69, 9.17) is 18.7 Å². The average Bonchev–Trinajstić information content (AvgIpc) is 3.72. The van der Waals surface area contributed by atoms with Gasteiger partial charge in [0, 0.05) is 12.2 Å². The van der Waals surface area contributed by atoms with Crippen molar-refractivity contribution in [3.8, 4) is 34.0 Å². The summed E-state index contributed by atoms with van der Waals surface area (Å²) in [6.45, 7) is 3.43. The molecule has 1 fully saturated rings. The molecule has 0 bridgehead atoms. The van der Waals surface area contributed by atoms with Crippen LogP contribution in [0.5, 0.6) is 0 Å². The summed E-state index contributed by atoms with van der Waals surface area (Å²) < 4.78 is 19.7. The standard InChI is InChI=1S/C27H25N5O3S/c1-18-24(25(31-35-18)20-11-6-3-7-12-20)26-30-29-23(34-26)17-36-27-28-15-22(19-9-4-2-5-10-19)32(27)16-21-13-8-14-33-21/h2-7,9-12,15,21H,8,13-14,16-17H2,1H3. The number of nitrogens with zero attached hydrogens (tertiary/aromatic N) is 5. The maximum atomic E-state index is 6.05. The summed E-state index contributed by atoms with van der Waals surface area (Å²) in [5, 5.41) is 13.7. The molecule has 0 amide bonds. The Bertz CT molecular complexity index is 1440. The van der Waals surface area contributed by atoms with E-state index in [-0.39, 0.29) is 6.10 Å². The molecule has 1 aliphatic rings. The van der Waals surface area contributed by atoms with Crippen LogP contribution in [0.2, 0.25) is 0 Å². The van der Waals surface area contributed by atoms with Gasteiger partial charge in [0.1, 0.15) is 17.0 Å². The lowest BCUT2D eigenvalue weighted by Gasteiger charge is -2.15. The van der Waals surface area contributed by atoms with Crippen molar-refractivity contribution in [2.45, 2.75) is 43.3 Å². The van der Waals surface area contributed by atoms with Gasteiger partial charge in [-0.2, -0.15) is 0 Å². The number of thioether (sulfide) groups is 1. The monoisotopic (exact) mass is 499 g/mol. The first kappa shape index (κ1) is 22.8.